The molecule has 4 aliphatic rings. The van der Waals surface area contributed by atoms with Gasteiger partial charge in [-0.1, -0.05) is 16.8 Å². The van der Waals surface area contributed by atoms with E-state index in [9.17, 15) is 9.90 Å². The van der Waals surface area contributed by atoms with Crippen LogP contribution in [-0.2, 0) is 14.9 Å². The number of amides is 1. The van der Waals surface area contributed by atoms with Crippen molar-refractivity contribution in [1.29, 1.82) is 0 Å². The fourth-order valence-corrected chi connectivity index (χ4v) is 4.63. The molecule has 0 aliphatic heterocycles. The van der Waals surface area contributed by atoms with Crippen LogP contribution in [0.1, 0.15) is 37.9 Å². The number of aliphatic hydroxyl groups excluding tert-OH is 1. The highest BCUT2D eigenvalue weighted by Gasteiger charge is 2.71. The molecule has 1 aromatic heterocycles. The molecule has 2 aromatic rings. The summed E-state index contributed by atoms with van der Waals surface area (Å²) >= 11 is 5.91. The average Bonchev–Trinajstić information content (AvgIpc) is 3.03. The second-order valence-corrected chi connectivity index (χ2v) is 8.56. The predicted molar refractivity (Wildman–Crippen MR) is 96.1 cm³/mol. The summed E-state index contributed by atoms with van der Waals surface area (Å²) in [5.74, 6) is 1.10. The Morgan fingerprint density at radius 3 is 2.67 bits per heavy atom. The topological polar surface area (TPSA) is 97.5 Å². The molecule has 27 heavy (non-hydrogen) atoms. The van der Waals surface area contributed by atoms with Gasteiger partial charge in [0, 0.05) is 21.5 Å². The lowest BCUT2D eigenvalue weighted by atomic mass is 9.39. The van der Waals surface area contributed by atoms with E-state index in [0.717, 1.165) is 24.8 Å². The van der Waals surface area contributed by atoms with E-state index in [2.05, 4.69) is 15.5 Å². The lowest BCUT2D eigenvalue weighted by Gasteiger charge is -2.69. The number of nitrogens with one attached hydrogen (secondary N) is 1. The Labute approximate surface area is 161 Å². The predicted octanol–water partition coefficient (Wildman–Crippen LogP) is 2.22. The first-order chi connectivity index (χ1) is 13.0. The molecule has 0 unspecified atom stereocenters. The van der Waals surface area contributed by atoms with Crippen molar-refractivity contribution in [3.8, 4) is 11.5 Å². The van der Waals surface area contributed by atoms with Crippen molar-refractivity contribution in [3.05, 3.63) is 35.1 Å². The normalized spacial score (nSPS) is 33.6. The molecule has 142 valence electrons. The third-order valence-electron chi connectivity index (χ3n) is 5.95. The number of nitrogens with zero attached hydrogens (tertiary/aromatic N) is 2. The van der Waals surface area contributed by atoms with Gasteiger partial charge in [-0.25, -0.2) is 0 Å². The van der Waals surface area contributed by atoms with Gasteiger partial charge in [0.05, 0.1) is 12.2 Å². The third kappa shape index (κ3) is 2.94. The molecule has 4 aliphatic carbocycles. The summed E-state index contributed by atoms with van der Waals surface area (Å²) in [6, 6.07) is 7.28. The van der Waals surface area contributed by atoms with E-state index in [4.69, 9.17) is 20.9 Å². The Kier molecular flexibility index (Phi) is 3.83. The van der Waals surface area contributed by atoms with E-state index in [0.29, 0.717) is 29.6 Å². The number of carbonyl (C=O) groups excluding carboxylic acids is 1. The van der Waals surface area contributed by atoms with Crippen LogP contribution >= 0.6 is 11.6 Å². The molecule has 1 heterocycles. The van der Waals surface area contributed by atoms with Crippen molar-refractivity contribution in [3.63, 3.8) is 0 Å². The number of halogens is 1. The second-order valence-electron chi connectivity index (χ2n) is 8.13. The molecular weight excluding hydrogens is 370 g/mol. The number of benzene rings is 1. The highest BCUT2D eigenvalue weighted by atomic mass is 35.5. The minimum atomic E-state index is -0.275. The van der Waals surface area contributed by atoms with Gasteiger partial charge in [0.1, 0.15) is 6.61 Å². The van der Waals surface area contributed by atoms with Crippen molar-refractivity contribution in [1.82, 2.24) is 15.5 Å². The van der Waals surface area contributed by atoms with Crippen LogP contribution in [-0.4, -0.2) is 45.5 Å². The maximum Gasteiger partial charge on any atom is 0.257 e. The summed E-state index contributed by atoms with van der Waals surface area (Å²) in [5, 5.41) is 17.1. The molecule has 2 bridgehead atoms. The molecule has 4 saturated carbocycles. The fourth-order valence-electron chi connectivity index (χ4n) is 4.51. The summed E-state index contributed by atoms with van der Waals surface area (Å²) in [4.78, 5) is 16.7. The number of hydrogen-bond acceptors (Lipinski definition) is 6. The molecule has 1 aromatic carbocycles. The van der Waals surface area contributed by atoms with E-state index in [1.807, 2.05) is 12.1 Å². The average molecular weight is 390 g/mol. The zero-order valence-corrected chi connectivity index (χ0v) is 15.4. The number of aromatic nitrogens is 2. The standard InChI is InChI=1S/C19H20ClN3O4/c20-12-3-1-11(2-4-12)16-21-17(23-27-16)18-8-19(9-18,10-18)22-15(25)7-26-14-5-13(24)6-14/h1-4,13-14,24H,5-10H2,(H,22,25). The van der Waals surface area contributed by atoms with Gasteiger partial charge in [-0.3, -0.25) is 4.79 Å². The molecule has 0 atom stereocenters. The summed E-state index contributed by atoms with van der Waals surface area (Å²) in [5.41, 5.74) is 0.604. The van der Waals surface area contributed by atoms with Crippen molar-refractivity contribution in [2.24, 2.45) is 0 Å². The highest BCUT2D eigenvalue weighted by Crippen LogP contribution is 2.67. The van der Waals surface area contributed by atoms with Gasteiger partial charge < -0.3 is 19.7 Å². The zero-order chi connectivity index (χ0) is 18.6. The zero-order valence-electron chi connectivity index (χ0n) is 14.7. The molecule has 8 heteroatoms. The van der Waals surface area contributed by atoms with E-state index >= 15 is 0 Å². The first kappa shape index (κ1) is 17.2. The lowest BCUT2D eigenvalue weighted by Crippen LogP contribution is -2.77. The quantitative estimate of drug-likeness (QED) is 0.786. The minimum absolute atomic E-state index is 0.00995. The van der Waals surface area contributed by atoms with Gasteiger partial charge in [-0.05, 0) is 56.4 Å². The van der Waals surface area contributed by atoms with Crippen LogP contribution < -0.4 is 5.32 Å². The summed E-state index contributed by atoms with van der Waals surface area (Å²) in [6.07, 6.45) is 3.46. The molecule has 1 amide bonds. The molecule has 6 rings (SSSR count). The van der Waals surface area contributed by atoms with E-state index in [1.54, 1.807) is 12.1 Å². The maximum atomic E-state index is 12.1. The first-order valence-electron chi connectivity index (χ1n) is 9.16. The van der Waals surface area contributed by atoms with Crippen LogP contribution in [0.2, 0.25) is 5.02 Å². The number of ether oxygens (including phenoxy) is 1. The first-order valence-corrected chi connectivity index (χ1v) is 9.54. The van der Waals surface area contributed by atoms with Crippen molar-refractivity contribution in [2.45, 2.75) is 55.3 Å². The van der Waals surface area contributed by atoms with E-state index in [-0.39, 0.29) is 35.7 Å². The Bertz CT molecular complexity index is 856. The maximum absolute atomic E-state index is 12.1. The molecule has 0 spiro atoms. The largest absolute Gasteiger partial charge is 0.393 e. The summed E-state index contributed by atoms with van der Waals surface area (Å²) in [7, 11) is 0. The van der Waals surface area contributed by atoms with Crippen LogP contribution in [0.25, 0.3) is 11.5 Å². The van der Waals surface area contributed by atoms with Crippen molar-refractivity contribution < 1.29 is 19.2 Å². The molecule has 0 radical (unpaired) electrons. The number of carbonyl (C=O) groups is 1. The van der Waals surface area contributed by atoms with E-state index in [1.165, 1.54) is 0 Å². The molecule has 0 saturated heterocycles. The van der Waals surface area contributed by atoms with Crippen LogP contribution in [0, 0.1) is 0 Å². The van der Waals surface area contributed by atoms with Gasteiger partial charge in [0.25, 0.3) is 5.89 Å². The van der Waals surface area contributed by atoms with Gasteiger partial charge in [0.2, 0.25) is 5.91 Å². The lowest BCUT2D eigenvalue weighted by molar-refractivity contribution is -0.149. The number of aliphatic hydroxyl groups is 1. The molecule has 2 N–H and O–H groups in total. The SMILES string of the molecule is O=C(COC1CC(O)C1)NC12CC(c3noc(-c4ccc(Cl)cc4)n3)(C1)C2. The van der Waals surface area contributed by atoms with Crippen LogP contribution in [0.3, 0.4) is 0 Å². The van der Waals surface area contributed by atoms with Gasteiger partial charge in [-0.15, -0.1) is 0 Å². The third-order valence-corrected chi connectivity index (χ3v) is 6.20. The molecular formula is C19H20ClN3O4. The van der Waals surface area contributed by atoms with Gasteiger partial charge >= 0.3 is 0 Å². The summed E-state index contributed by atoms with van der Waals surface area (Å²) in [6.45, 7) is 0.0507. The smallest absolute Gasteiger partial charge is 0.257 e. The molecule has 4 fully saturated rings. The molecule has 7 nitrogen and oxygen atoms in total. The Balaban J connectivity index is 1.15. The number of rotatable bonds is 6. The monoisotopic (exact) mass is 389 g/mol. The van der Waals surface area contributed by atoms with Crippen LogP contribution in [0.5, 0.6) is 0 Å². The van der Waals surface area contributed by atoms with Crippen LogP contribution in [0.4, 0.5) is 0 Å². The summed E-state index contributed by atoms with van der Waals surface area (Å²) < 4.78 is 10.9. The van der Waals surface area contributed by atoms with Crippen LogP contribution in [0.15, 0.2) is 28.8 Å². The van der Waals surface area contributed by atoms with Gasteiger partial charge in [0.15, 0.2) is 5.82 Å². The fraction of sp³-hybridized carbons (Fsp3) is 0.526. The van der Waals surface area contributed by atoms with Gasteiger partial charge in [-0.2, -0.15) is 4.98 Å². The van der Waals surface area contributed by atoms with E-state index < -0.39 is 0 Å². The minimum Gasteiger partial charge on any atom is -0.393 e. The van der Waals surface area contributed by atoms with Crippen molar-refractivity contribution >= 4 is 17.5 Å². The Morgan fingerprint density at radius 1 is 1.30 bits per heavy atom. The Morgan fingerprint density at radius 2 is 2.00 bits per heavy atom. The highest BCUT2D eigenvalue weighted by molar-refractivity contribution is 6.30. The van der Waals surface area contributed by atoms with Crippen molar-refractivity contribution in [2.75, 3.05) is 6.61 Å². The number of hydrogen-bond donors (Lipinski definition) is 2. The second kappa shape index (κ2) is 6.02. The Hall–Kier alpha value is -1.96.